The fourth-order valence-corrected chi connectivity index (χ4v) is 2.52. The van der Waals surface area contributed by atoms with Crippen LogP contribution in [0.2, 0.25) is 0 Å². The Kier molecular flexibility index (Phi) is 4.11. The maximum atomic E-state index is 11.0. The summed E-state index contributed by atoms with van der Waals surface area (Å²) in [5, 5.41) is 8.04. The van der Waals surface area contributed by atoms with Gasteiger partial charge in [-0.25, -0.2) is 4.68 Å². The second-order valence-electron chi connectivity index (χ2n) is 3.85. The van der Waals surface area contributed by atoms with Gasteiger partial charge in [0.2, 0.25) is 11.1 Å². The number of nitrogens with two attached hydrogens (primary N) is 2. The van der Waals surface area contributed by atoms with Gasteiger partial charge in [-0.2, -0.15) is 0 Å². The third-order valence-corrected chi connectivity index (χ3v) is 4.00. The first kappa shape index (κ1) is 13.9. The van der Waals surface area contributed by atoms with E-state index in [4.69, 9.17) is 11.6 Å². The largest absolute Gasteiger partial charge is 0.369 e. The molecule has 1 atom stereocenters. The maximum absolute atomic E-state index is 11.0. The summed E-state index contributed by atoms with van der Waals surface area (Å²) in [5.74, 6) is 6.05. The van der Waals surface area contributed by atoms with E-state index in [9.17, 15) is 4.79 Å². The second-order valence-corrected chi connectivity index (χ2v) is 6.07. The van der Waals surface area contributed by atoms with Crippen molar-refractivity contribution >= 4 is 33.6 Å². The van der Waals surface area contributed by atoms with Gasteiger partial charge in [0, 0.05) is 10.0 Å². The molecular formula is C11H12BrN5OS. The van der Waals surface area contributed by atoms with E-state index in [1.54, 1.807) is 6.92 Å². The molecule has 0 fully saturated rings. The smallest absolute Gasteiger partial charge is 0.230 e. The number of benzene rings is 1. The van der Waals surface area contributed by atoms with Crippen molar-refractivity contribution in [2.45, 2.75) is 17.3 Å². The van der Waals surface area contributed by atoms with E-state index in [2.05, 4.69) is 26.1 Å². The summed E-state index contributed by atoms with van der Waals surface area (Å²) in [4.78, 5) is 11.0. The molecule has 6 nitrogen and oxygen atoms in total. The highest BCUT2D eigenvalue weighted by Crippen LogP contribution is 2.25. The summed E-state index contributed by atoms with van der Waals surface area (Å²) in [6.07, 6.45) is 0. The van der Waals surface area contributed by atoms with Crippen molar-refractivity contribution < 1.29 is 4.79 Å². The van der Waals surface area contributed by atoms with Crippen LogP contribution in [-0.4, -0.2) is 26.0 Å². The minimum atomic E-state index is -0.419. The molecule has 0 aliphatic heterocycles. The van der Waals surface area contributed by atoms with Gasteiger partial charge in [0.1, 0.15) is 0 Å². The number of amides is 1. The molecule has 2 aromatic rings. The first-order chi connectivity index (χ1) is 8.99. The van der Waals surface area contributed by atoms with Gasteiger partial charge in [0.25, 0.3) is 0 Å². The van der Waals surface area contributed by atoms with Gasteiger partial charge < -0.3 is 11.6 Å². The molecule has 19 heavy (non-hydrogen) atoms. The molecule has 0 unspecified atom stereocenters. The van der Waals surface area contributed by atoms with Crippen LogP contribution in [-0.2, 0) is 4.79 Å². The van der Waals surface area contributed by atoms with Crippen LogP contribution in [0.3, 0.4) is 0 Å². The van der Waals surface area contributed by atoms with Crippen LogP contribution in [0.4, 0.5) is 0 Å². The Bertz CT molecular complexity index is 615. The standard InChI is InChI=1S/C11H12BrN5OS/c1-6(9(13)18)19-11-16-15-10(17(11)14)7-3-2-4-8(12)5-7/h2-6H,14H2,1H3,(H2,13,18)/t6-/m0/s1. The third-order valence-electron chi connectivity index (χ3n) is 2.43. The molecule has 4 N–H and O–H groups in total. The zero-order valence-electron chi connectivity index (χ0n) is 10.1. The molecular weight excluding hydrogens is 330 g/mol. The lowest BCUT2D eigenvalue weighted by atomic mass is 10.2. The first-order valence-electron chi connectivity index (χ1n) is 5.41. The van der Waals surface area contributed by atoms with Crippen LogP contribution in [0.5, 0.6) is 0 Å². The lowest BCUT2D eigenvalue weighted by Gasteiger charge is -2.06. The molecule has 0 aliphatic carbocycles. The van der Waals surface area contributed by atoms with Gasteiger partial charge in [-0.1, -0.05) is 39.8 Å². The van der Waals surface area contributed by atoms with Gasteiger partial charge in [0.05, 0.1) is 5.25 Å². The van der Waals surface area contributed by atoms with Crippen molar-refractivity contribution in [1.29, 1.82) is 0 Å². The number of aromatic nitrogens is 3. The number of hydrogen-bond donors (Lipinski definition) is 2. The minimum Gasteiger partial charge on any atom is -0.369 e. The van der Waals surface area contributed by atoms with Crippen molar-refractivity contribution in [3.05, 3.63) is 28.7 Å². The Morgan fingerprint density at radius 3 is 2.84 bits per heavy atom. The number of thioether (sulfide) groups is 1. The van der Waals surface area contributed by atoms with Gasteiger partial charge >= 0.3 is 0 Å². The van der Waals surface area contributed by atoms with Crippen LogP contribution in [0.15, 0.2) is 33.9 Å². The van der Waals surface area contributed by atoms with Crippen molar-refractivity contribution in [3.63, 3.8) is 0 Å². The number of carbonyl (C=O) groups is 1. The molecule has 0 spiro atoms. The summed E-state index contributed by atoms with van der Waals surface area (Å²) >= 11 is 4.56. The molecule has 0 saturated heterocycles. The second kappa shape index (κ2) is 5.62. The summed E-state index contributed by atoms with van der Waals surface area (Å²) in [5.41, 5.74) is 6.04. The number of rotatable bonds is 4. The molecule has 0 bridgehead atoms. The highest BCUT2D eigenvalue weighted by Gasteiger charge is 2.17. The van der Waals surface area contributed by atoms with E-state index in [0.717, 1.165) is 10.0 Å². The number of halogens is 1. The maximum Gasteiger partial charge on any atom is 0.230 e. The molecule has 0 aliphatic rings. The highest BCUT2D eigenvalue weighted by atomic mass is 79.9. The predicted octanol–water partition coefficient (Wildman–Crippen LogP) is 1.39. The average Bonchev–Trinajstić information content (AvgIpc) is 2.71. The van der Waals surface area contributed by atoms with E-state index in [1.807, 2.05) is 24.3 Å². The number of hydrogen-bond acceptors (Lipinski definition) is 5. The average molecular weight is 342 g/mol. The van der Waals surface area contributed by atoms with Gasteiger partial charge in [-0.3, -0.25) is 4.79 Å². The predicted molar refractivity (Wildman–Crippen MR) is 77.8 cm³/mol. The number of nitrogens with zero attached hydrogens (tertiary/aromatic N) is 3. The summed E-state index contributed by atoms with van der Waals surface area (Å²) in [7, 11) is 0. The lowest BCUT2D eigenvalue weighted by Crippen LogP contribution is -2.23. The Balaban J connectivity index is 2.30. The van der Waals surface area contributed by atoms with Crippen molar-refractivity contribution in [3.8, 4) is 11.4 Å². The summed E-state index contributed by atoms with van der Waals surface area (Å²) < 4.78 is 2.28. The van der Waals surface area contributed by atoms with Crippen LogP contribution in [0.1, 0.15) is 6.92 Å². The number of nitrogen functional groups attached to an aromatic ring is 1. The van der Waals surface area contributed by atoms with Gasteiger partial charge in [0.15, 0.2) is 5.82 Å². The minimum absolute atomic E-state index is 0.415. The Hall–Kier alpha value is -1.54. The zero-order valence-corrected chi connectivity index (χ0v) is 12.5. The SMILES string of the molecule is C[C@H](Sc1nnc(-c2cccc(Br)c2)n1N)C(N)=O. The van der Waals surface area contributed by atoms with Gasteiger partial charge in [-0.05, 0) is 19.1 Å². The fourth-order valence-electron chi connectivity index (χ4n) is 1.40. The van der Waals surface area contributed by atoms with Crippen molar-refractivity contribution in [2.24, 2.45) is 5.73 Å². The topological polar surface area (TPSA) is 99.8 Å². The van der Waals surface area contributed by atoms with Crippen LogP contribution < -0.4 is 11.6 Å². The van der Waals surface area contributed by atoms with Gasteiger partial charge in [-0.15, -0.1) is 10.2 Å². The Labute approximate surface area is 122 Å². The summed E-state index contributed by atoms with van der Waals surface area (Å²) in [6, 6.07) is 7.56. The Morgan fingerprint density at radius 1 is 1.47 bits per heavy atom. The Morgan fingerprint density at radius 2 is 2.21 bits per heavy atom. The monoisotopic (exact) mass is 341 g/mol. The molecule has 100 valence electrons. The van der Waals surface area contributed by atoms with Crippen LogP contribution in [0, 0.1) is 0 Å². The summed E-state index contributed by atoms with van der Waals surface area (Å²) in [6.45, 7) is 1.69. The molecule has 1 aromatic heterocycles. The zero-order chi connectivity index (χ0) is 14.0. The molecule has 8 heteroatoms. The van der Waals surface area contributed by atoms with Crippen molar-refractivity contribution in [1.82, 2.24) is 14.9 Å². The highest BCUT2D eigenvalue weighted by molar-refractivity contribution is 9.10. The molecule has 0 saturated carbocycles. The number of carbonyl (C=O) groups excluding carboxylic acids is 1. The van der Waals surface area contributed by atoms with E-state index < -0.39 is 11.2 Å². The third kappa shape index (κ3) is 3.07. The quantitative estimate of drug-likeness (QED) is 0.646. The van der Waals surface area contributed by atoms with Crippen LogP contribution in [0.25, 0.3) is 11.4 Å². The molecule has 1 aromatic carbocycles. The first-order valence-corrected chi connectivity index (χ1v) is 7.08. The molecule has 1 amide bonds. The van der Waals surface area contributed by atoms with E-state index in [-0.39, 0.29) is 0 Å². The number of primary amides is 1. The molecule has 2 rings (SSSR count). The van der Waals surface area contributed by atoms with E-state index >= 15 is 0 Å². The molecule has 0 radical (unpaired) electrons. The van der Waals surface area contributed by atoms with Crippen molar-refractivity contribution in [2.75, 3.05) is 5.84 Å². The normalized spacial score (nSPS) is 12.3. The van der Waals surface area contributed by atoms with E-state index in [0.29, 0.717) is 11.0 Å². The van der Waals surface area contributed by atoms with E-state index in [1.165, 1.54) is 16.4 Å². The fraction of sp³-hybridized carbons (Fsp3) is 0.182. The van der Waals surface area contributed by atoms with Crippen LogP contribution >= 0.6 is 27.7 Å². The lowest BCUT2D eigenvalue weighted by molar-refractivity contribution is -0.117. The molecule has 1 heterocycles.